The van der Waals surface area contributed by atoms with E-state index in [9.17, 15) is 30.0 Å². The summed E-state index contributed by atoms with van der Waals surface area (Å²) in [6, 6.07) is 0. The molecule has 0 spiro atoms. The second-order valence-corrected chi connectivity index (χ2v) is 12.5. The Balaban J connectivity index is 2.76. The third-order valence-electron chi connectivity index (χ3n) is 8.56. The van der Waals surface area contributed by atoms with Crippen molar-refractivity contribution in [2.24, 2.45) is 47.2 Å². The van der Waals surface area contributed by atoms with Crippen molar-refractivity contribution >= 4 is 12.1 Å². The van der Waals surface area contributed by atoms with Crippen LogP contribution in [0.25, 0.3) is 0 Å². The summed E-state index contributed by atoms with van der Waals surface area (Å²) in [5.41, 5.74) is 6.23. The molecule has 0 aromatic heterocycles. The van der Waals surface area contributed by atoms with Crippen LogP contribution in [0.4, 0.5) is 4.79 Å². The number of rotatable bonds is 16. The minimum Gasteiger partial charge on any atom is -0.462 e. The lowest BCUT2D eigenvalue weighted by molar-refractivity contribution is -0.178. The van der Waals surface area contributed by atoms with Gasteiger partial charge in [-0.15, -0.1) is 0 Å². The molecule has 13 atom stereocenters. The first kappa shape index (κ1) is 37.6. The third kappa shape index (κ3) is 11.3. The van der Waals surface area contributed by atoms with Crippen LogP contribution in [0.15, 0.2) is 48.6 Å². The number of allylic oxidation sites excluding steroid dienone is 4. The smallest absolute Gasteiger partial charge is 0.404 e. The molecule has 42 heavy (non-hydrogen) atoms. The highest BCUT2D eigenvalue weighted by Gasteiger charge is 2.40. The van der Waals surface area contributed by atoms with Gasteiger partial charge in [-0.05, 0) is 38.5 Å². The van der Waals surface area contributed by atoms with E-state index in [0.29, 0.717) is 12.8 Å². The molecule has 0 bridgehead atoms. The summed E-state index contributed by atoms with van der Waals surface area (Å²) >= 11 is 0. The number of aliphatic hydroxyl groups excluding tert-OH is 4. The zero-order valence-electron chi connectivity index (χ0n) is 26.6. The lowest BCUT2D eigenvalue weighted by Gasteiger charge is -2.37. The number of carbonyl (C=O) groups excluding carboxylic acids is 2. The van der Waals surface area contributed by atoms with Crippen molar-refractivity contribution in [1.82, 2.24) is 0 Å². The molecule has 1 fully saturated rings. The summed E-state index contributed by atoms with van der Waals surface area (Å²) in [5.74, 6) is -2.33. The number of ether oxygens (including phenoxy) is 2. The molecule has 1 saturated heterocycles. The van der Waals surface area contributed by atoms with Gasteiger partial charge < -0.3 is 35.6 Å². The maximum absolute atomic E-state index is 12.0. The molecule has 9 heteroatoms. The molecule has 6 N–H and O–H groups in total. The van der Waals surface area contributed by atoms with Crippen LogP contribution in [-0.2, 0) is 14.3 Å². The number of aliphatic hydroxyl groups is 4. The second kappa shape index (κ2) is 17.6. The summed E-state index contributed by atoms with van der Waals surface area (Å²) < 4.78 is 10.9. The van der Waals surface area contributed by atoms with Crippen molar-refractivity contribution in [2.75, 3.05) is 0 Å². The molecule has 1 rings (SSSR count). The number of nitrogens with two attached hydrogens (primary N) is 1. The topological polar surface area (TPSA) is 160 Å². The van der Waals surface area contributed by atoms with Crippen molar-refractivity contribution in [3.63, 3.8) is 0 Å². The van der Waals surface area contributed by atoms with E-state index in [2.05, 4.69) is 6.58 Å². The Morgan fingerprint density at radius 2 is 1.67 bits per heavy atom. The maximum Gasteiger partial charge on any atom is 0.404 e. The minimum absolute atomic E-state index is 0.0537. The van der Waals surface area contributed by atoms with E-state index in [1.165, 1.54) is 0 Å². The second-order valence-electron chi connectivity index (χ2n) is 12.5. The summed E-state index contributed by atoms with van der Waals surface area (Å²) in [6.45, 7) is 18.4. The van der Waals surface area contributed by atoms with Gasteiger partial charge in [0.1, 0.15) is 12.2 Å². The molecule has 0 saturated carbocycles. The quantitative estimate of drug-likeness (QED) is 0.101. The first-order valence-corrected chi connectivity index (χ1v) is 15.0. The molecule has 1 aliphatic heterocycles. The Labute approximate surface area is 252 Å². The van der Waals surface area contributed by atoms with Gasteiger partial charge in [0.25, 0.3) is 0 Å². The van der Waals surface area contributed by atoms with Crippen molar-refractivity contribution in [3.8, 4) is 0 Å². The van der Waals surface area contributed by atoms with Gasteiger partial charge in [-0.3, -0.25) is 4.79 Å². The fourth-order valence-corrected chi connectivity index (χ4v) is 5.76. The van der Waals surface area contributed by atoms with E-state index in [4.69, 9.17) is 15.2 Å². The lowest BCUT2D eigenvalue weighted by atomic mass is 9.81. The van der Waals surface area contributed by atoms with Crippen LogP contribution in [0, 0.1) is 41.4 Å². The largest absolute Gasteiger partial charge is 0.462 e. The molecule has 0 aromatic rings. The molecule has 1 aliphatic rings. The highest BCUT2D eigenvalue weighted by atomic mass is 16.6. The van der Waals surface area contributed by atoms with Crippen LogP contribution in [0.5, 0.6) is 0 Å². The Morgan fingerprint density at radius 1 is 1.05 bits per heavy atom. The number of amides is 1. The van der Waals surface area contributed by atoms with Gasteiger partial charge in [0.05, 0.1) is 30.3 Å². The molecule has 0 radical (unpaired) electrons. The number of primary amides is 1. The molecular weight excluding hydrogens is 538 g/mol. The van der Waals surface area contributed by atoms with E-state index in [0.717, 1.165) is 5.57 Å². The first-order valence-electron chi connectivity index (χ1n) is 15.0. The van der Waals surface area contributed by atoms with E-state index >= 15 is 0 Å². The summed E-state index contributed by atoms with van der Waals surface area (Å²) in [7, 11) is 0. The van der Waals surface area contributed by atoms with Crippen LogP contribution in [0.1, 0.15) is 68.2 Å². The summed E-state index contributed by atoms with van der Waals surface area (Å²) in [6.07, 6.45) is 5.86. The normalized spacial score (nSPS) is 28.3. The van der Waals surface area contributed by atoms with Gasteiger partial charge in [-0.25, -0.2) is 4.79 Å². The molecule has 0 aliphatic carbocycles. The fraction of sp³-hybridized carbons (Fsp3) is 0.697. The summed E-state index contributed by atoms with van der Waals surface area (Å²) in [4.78, 5) is 23.5. The Kier molecular flexibility index (Phi) is 15.7. The summed E-state index contributed by atoms with van der Waals surface area (Å²) in [5, 5.41) is 42.8. The van der Waals surface area contributed by atoms with E-state index in [1.807, 2.05) is 60.6 Å². The Hall–Kier alpha value is -2.46. The van der Waals surface area contributed by atoms with Crippen molar-refractivity contribution in [1.29, 1.82) is 0 Å². The number of hydrogen-bond donors (Lipinski definition) is 5. The van der Waals surface area contributed by atoms with Crippen LogP contribution < -0.4 is 5.73 Å². The standard InChI is InChI=1S/C33H55NO8/c1-10-11-12-20(4)31(42-33(34)40)24(8)28(36)21(5)15-19(3)16-22(6)29(37)26(35)14-13-18(2)17-27-23(7)30(38)25(9)32(39)41-27/h10-14,16,18,20-31,35-38H,1,15,17H2,2-9H3,(H2,34,40)/b12-11-,14-13-,19-16-/t18-,20+,21+,22+,23+,24+,25-,26+,27?,28-,29-,30+,31+/m1/s1. The van der Waals surface area contributed by atoms with Gasteiger partial charge in [0.2, 0.25) is 0 Å². The number of esters is 1. The van der Waals surface area contributed by atoms with Crippen LogP contribution in [-0.4, -0.2) is 69.1 Å². The van der Waals surface area contributed by atoms with Crippen LogP contribution in [0.3, 0.4) is 0 Å². The number of hydrogen-bond acceptors (Lipinski definition) is 8. The van der Waals surface area contributed by atoms with Crippen LogP contribution in [0.2, 0.25) is 0 Å². The SMILES string of the molecule is C=C/C=C\[C@H](C)[C@H](OC(N)=O)[C@@H](C)[C@H](O)[C@@H](C)C/C(C)=C\[C@H](C)[C@@H](O)[C@@H](O)/C=C\[C@@H](C)CC1OC(=O)[C@H](C)[C@@H](O)[C@H]1C. The molecule has 9 nitrogen and oxygen atoms in total. The predicted octanol–water partition coefficient (Wildman–Crippen LogP) is 4.30. The Morgan fingerprint density at radius 3 is 2.24 bits per heavy atom. The van der Waals surface area contributed by atoms with Gasteiger partial charge in [0, 0.05) is 23.7 Å². The molecule has 1 amide bonds. The van der Waals surface area contributed by atoms with Crippen molar-refractivity contribution < 1.29 is 39.5 Å². The highest BCUT2D eigenvalue weighted by Crippen LogP contribution is 2.31. The molecular formula is C33H55NO8. The van der Waals surface area contributed by atoms with Crippen molar-refractivity contribution in [2.45, 2.75) is 105 Å². The molecule has 240 valence electrons. The van der Waals surface area contributed by atoms with E-state index in [1.54, 1.807) is 31.2 Å². The van der Waals surface area contributed by atoms with Gasteiger partial charge >= 0.3 is 12.1 Å². The molecule has 1 unspecified atom stereocenters. The third-order valence-corrected chi connectivity index (χ3v) is 8.56. The van der Waals surface area contributed by atoms with E-state index < -0.39 is 60.5 Å². The highest BCUT2D eigenvalue weighted by molar-refractivity contribution is 5.73. The average molecular weight is 594 g/mol. The number of carbonyl (C=O) groups is 2. The predicted molar refractivity (Wildman–Crippen MR) is 164 cm³/mol. The fourth-order valence-electron chi connectivity index (χ4n) is 5.76. The van der Waals surface area contributed by atoms with Gasteiger partial charge in [-0.2, -0.15) is 0 Å². The zero-order valence-corrected chi connectivity index (χ0v) is 26.6. The average Bonchev–Trinajstić information content (AvgIpc) is 2.93. The van der Waals surface area contributed by atoms with Crippen molar-refractivity contribution in [3.05, 3.63) is 48.6 Å². The lowest BCUT2D eigenvalue weighted by Crippen LogP contribution is -2.47. The van der Waals surface area contributed by atoms with E-state index in [-0.39, 0.29) is 29.6 Å². The van der Waals surface area contributed by atoms with Crippen LogP contribution >= 0.6 is 0 Å². The molecule has 1 heterocycles. The molecule has 0 aromatic carbocycles. The Bertz CT molecular complexity index is 962. The van der Waals surface area contributed by atoms with Gasteiger partial charge in [-0.1, -0.05) is 90.2 Å². The minimum atomic E-state index is -1.11. The zero-order chi connectivity index (χ0) is 32.3. The van der Waals surface area contributed by atoms with Gasteiger partial charge in [0.15, 0.2) is 0 Å². The maximum atomic E-state index is 12.0. The first-order chi connectivity index (χ1) is 19.5. The monoisotopic (exact) mass is 593 g/mol. The number of cyclic esters (lactones) is 1.